The molecule has 1 aliphatic rings. The van der Waals surface area contributed by atoms with Crippen LogP contribution in [0.25, 0.3) is 6.08 Å². The van der Waals surface area contributed by atoms with Crippen LogP contribution >= 0.6 is 0 Å². The number of esters is 1. The highest BCUT2D eigenvalue weighted by molar-refractivity contribution is 6.03. The Morgan fingerprint density at radius 1 is 1.50 bits per heavy atom. The summed E-state index contributed by atoms with van der Waals surface area (Å²) in [6.45, 7) is 2.03. The monoisotopic (exact) mass is 276 g/mol. The summed E-state index contributed by atoms with van der Waals surface area (Å²) in [5.41, 5.74) is 7.28. The molecule has 1 aromatic carbocycles. The highest BCUT2D eigenvalue weighted by Gasteiger charge is 2.20. The van der Waals surface area contributed by atoms with Crippen molar-refractivity contribution in [3.8, 4) is 11.5 Å². The molecule has 0 fully saturated rings. The lowest BCUT2D eigenvalue weighted by molar-refractivity contribution is -0.138. The summed E-state index contributed by atoms with van der Waals surface area (Å²) < 4.78 is 10.1. The number of aromatic hydroxyl groups is 1. The van der Waals surface area contributed by atoms with Gasteiger partial charge in [0.1, 0.15) is 11.5 Å². The van der Waals surface area contributed by atoms with Gasteiger partial charge in [-0.15, -0.1) is 0 Å². The number of nitrogens with two attached hydrogens (primary N) is 1. The van der Waals surface area contributed by atoms with Gasteiger partial charge in [0.25, 0.3) is 0 Å². The third-order valence-corrected chi connectivity index (χ3v) is 2.84. The van der Waals surface area contributed by atoms with E-state index >= 15 is 0 Å². The van der Waals surface area contributed by atoms with Gasteiger partial charge in [0.15, 0.2) is 11.5 Å². The maximum Gasteiger partial charge on any atom is 0.334 e. The van der Waals surface area contributed by atoms with Gasteiger partial charge in [-0.05, 0) is 25.1 Å². The molecule has 0 aromatic heterocycles. The minimum Gasteiger partial charge on any atom is -0.504 e. The number of benzene rings is 1. The molecule has 6 nitrogen and oxygen atoms in total. The lowest BCUT2D eigenvalue weighted by Gasteiger charge is -2.09. The van der Waals surface area contributed by atoms with E-state index in [1.54, 1.807) is 19.1 Å². The van der Waals surface area contributed by atoms with Crippen LogP contribution in [-0.4, -0.2) is 30.6 Å². The molecule has 0 spiro atoms. The second-order valence-electron chi connectivity index (χ2n) is 4.23. The molecule has 0 bridgehead atoms. The first kappa shape index (κ1) is 13.9. The number of carbonyl (C=O) groups excluding carboxylic acids is 1. The Morgan fingerprint density at radius 2 is 2.25 bits per heavy atom. The molecular formula is C14H16N2O4. The molecule has 2 rings (SSSR count). The number of amidine groups is 1. The van der Waals surface area contributed by atoms with Crippen molar-refractivity contribution >= 4 is 23.6 Å². The van der Waals surface area contributed by atoms with E-state index in [1.165, 1.54) is 13.2 Å². The zero-order valence-electron chi connectivity index (χ0n) is 11.3. The van der Waals surface area contributed by atoms with Crippen molar-refractivity contribution in [3.63, 3.8) is 0 Å². The Bertz CT molecular complexity index is 605. The quantitative estimate of drug-likeness (QED) is 0.820. The first-order valence-corrected chi connectivity index (χ1v) is 6.17. The molecular weight excluding hydrogens is 260 g/mol. The molecule has 0 saturated carbocycles. The molecule has 1 aliphatic heterocycles. The van der Waals surface area contributed by atoms with Gasteiger partial charge >= 0.3 is 5.97 Å². The standard InChI is InChI=1S/C14H16N2O4/c1-3-20-14(18)9-6-8-4-5-10(17)13(19-2)12(8)16-11(15)7-9/h4-6,17H,3,7H2,1-2H3,(H2,15,16). The van der Waals surface area contributed by atoms with Gasteiger partial charge in [0.2, 0.25) is 0 Å². The highest BCUT2D eigenvalue weighted by atomic mass is 16.5. The number of ether oxygens (including phenoxy) is 2. The minimum atomic E-state index is -0.425. The Balaban J connectivity index is 2.56. The molecule has 1 aromatic rings. The summed E-state index contributed by atoms with van der Waals surface area (Å²) in [6.07, 6.45) is 1.84. The van der Waals surface area contributed by atoms with Crippen molar-refractivity contribution in [1.82, 2.24) is 0 Å². The second kappa shape index (κ2) is 5.64. The maximum absolute atomic E-state index is 11.8. The van der Waals surface area contributed by atoms with Crippen molar-refractivity contribution < 1.29 is 19.4 Å². The molecule has 1 heterocycles. The molecule has 0 aliphatic carbocycles. The number of nitrogens with zero attached hydrogens (tertiary/aromatic N) is 1. The fourth-order valence-corrected chi connectivity index (χ4v) is 1.98. The van der Waals surface area contributed by atoms with Gasteiger partial charge in [-0.1, -0.05) is 0 Å². The van der Waals surface area contributed by atoms with Crippen molar-refractivity contribution in [1.29, 1.82) is 0 Å². The van der Waals surface area contributed by atoms with E-state index in [4.69, 9.17) is 15.2 Å². The fourth-order valence-electron chi connectivity index (χ4n) is 1.98. The zero-order valence-corrected chi connectivity index (χ0v) is 11.3. The molecule has 20 heavy (non-hydrogen) atoms. The topological polar surface area (TPSA) is 94.1 Å². The number of hydrogen-bond donors (Lipinski definition) is 2. The van der Waals surface area contributed by atoms with E-state index in [0.717, 1.165) is 0 Å². The molecule has 0 unspecified atom stereocenters. The van der Waals surface area contributed by atoms with Crippen LogP contribution in [0.5, 0.6) is 11.5 Å². The van der Waals surface area contributed by atoms with Crippen LogP contribution < -0.4 is 10.5 Å². The maximum atomic E-state index is 11.8. The number of carbonyl (C=O) groups is 1. The van der Waals surface area contributed by atoms with Gasteiger partial charge in [0, 0.05) is 17.6 Å². The largest absolute Gasteiger partial charge is 0.504 e. The summed E-state index contributed by atoms with van der Waals surface area (Å²) >= 11 is 0. The summed E-state index contributed by atoms with van der Waals surface area (Å²) in [7, 11) is 1.43. The number of phenolic OH excluding ortho intramolecular Hbond substituents is 1. The first-order chi connectivity index (χ1) is 9.56. The highest BCUT2D eigenvalue weighted by Crippen LogP contribution is 2.41. The first-order valence-electron chi connectivity index (χ1n) is 6.17. The summed E-state index contributed by atoms with van der Waals surface area (Å²) in [5.74, 6) is 0.0279. The summed E-state index contributed by atoms with van der Waals surface area (Å²) in [5, 5.41) is 9.76. The normalized spacial score (nSPS) is 13.7. The van der Waals surface area contributed by atoms with Crippen LogP contribution in [0.1, 0.15) is 18.9 Å². The lowest BCUT2D eigenvalue weighted by Crippen LogP contribution is -2.16. The van der Waals surface area contributed by atoms with E-state index in [1.807, 2.05) is 0 Å². The van der Waals surface area contributed by atoms with Gasteiger partial charge in [-0.2, -0.15) is 0 Å². The van der Waals surface area contributed by atoms with Crippen LogP contribution in [0.2, 0.25) is 0 Å². The lowest BCUT2D eigenvalue weighted by atomic mass is 10.1. The molecule has 0 amide bonds. The van der Waals surface area contributed by atoms with Crippen molar-refractivity contribution in [3.05, 3.63) is 23.3 Å². The zero-order chi connectivity index (χ0) is 14.7. The van der Waals surface area contributed by atoms with E-state index in [2.05, 4.69) is 4.99 Å². The molecule has 0 radical (unpaired) electrons. The average Bonchev–Trinajstić information content (AvgIpc) is 2.57. The smallest absolute Gasteiger partial charge is 0.334 e. The SMILES string of the molecule is CCOC(=O)C1=Cc2ccc(O)c(OC)c2N=C(N)C1. The Morgan fingerprint density at radius 3 is 2.90 bits per heavy atom. The van der Waals surface area contributed by atoms with E-state index in [9.17, 15) is 9.90 Å². The van der Waals surface area contributed by atoms with Crippen LogP contribution in [-0.2, 0) is 9.53 Å². The Hall–Kier alpha value is -2.50. The predicted molar refractivity (Wildman–Crippen MR) is 75.2 cm³/mol. The molecule has 0 saturated heterocycles. The minimum absolute atomic E-state index is 0.0317. The van der Waals surface area contributed by atoms with Crippen LogP contribution in [0.4, 0.5) is 5.69 Å². The average molecular weight is 276 g/mol. The van der Waals surface area contributed by atoms with Crippen molar-refractivity contribution in [2.24, 2.45) is 10.7 Å². The van der Waals surface area contributed by atoms with Gasteiger partial charge in [0.05, 0.1) is 13.7 Å². The number of methoxy groups -OCH3 is 1. The van der Waals surface area contributed by atoms with Gasteiger partial charge in [-0.25, -0.2) is 9.79 Å². The number of hydrogen-bond acceptors (Lipinski definition) is 6. The molecule has 106 valence electrons. The van der Waals surface area contributed by atoms with Gasteiger partial charge in [-0.3, -0.25) is 0 Å². The molecule has 0 atom stereocenters. The van der Waals surface area contributed by atoms with Crippen LogP contribution in [0.15, 0.2) is 22.7 Å². The molecule has 6 heteroatoms. The number of fused-ring (bicyclic) bond motifs is 1. The number of aliphatic imine (C=N–C) groups is 1. The third-order valence-electron chi connectivity index (χ3n) is 2.84. The van der Waals surface area contributed by atoms with E-state index < -0.39 is 5.97 Å². The number of rotatable bonds is 3. The predicted octanol–water partition coefficient (Wildman–Crippen LogP) is 1.74. The molecule has 3 N–H and O–H groups in total. The van der Waals surface area contributed by atoms with E-state index in [0.29, 0.717) is 23.4 Å². The third kappa shape index (κ3) is 2.59. The van der Waals surface area contributed by atoms with Crippen LogP contribution in [0, 0.1) is 0 Å². The van der Waals surface area contributed by atoms with Crippen molar-refractivity contribution in [2.75, 3.05) is 13.7 Å². The number of phenols is 1. The summed E-state index contributed by atoms with van der Waals surface area (Å²) in [6, 6.07) is 3.13. The van der Waals surface area contributed by atoms with E-state index in [-0.39, 0.29) is 23.8 Å². The Kier molecular flexibility index (Phi) is 3.93. The Labute approximate surface area is 116 Å². The fraction of sp³-hybridized carbons (Fsp3) is 0.286. The summed E-state index contributed by atoms with van der Waals surface area (Å²) in [4.78, 5) is 16.1. The van der Waals surface area contributed by atoms with Gasteiger partial charge < -0.3 is 20.3 Å². The van der Waals surface area contributed by atoms with Crippen molar-refractivity contribution in [2.45, 2.75) is 13.3 Å². The van der Waals surface area contributed by atoms with Crippen LogP contribution in [0.3, 0.4) is 0 Å². The second-order valence-corrected chi connectivity index (χ2v) is 4.23.